The van der Waals surface area contributed by atoms with Crippen LogP contribution in [0.3, 0.4) is 0 Å². The molecule has 0 spiro atoms. The lowest BCUT2D eigenvalue weighted by molar-refractivity contribution is -0.141. The lowest BCUT2D eigenvalue weighted by atomic mass is 9.98. The zero-order valence-corrected chi connectivity index (χ0v) is 16.1. The molecule has 1 aliphatic heterocycles. The summed E-state index contributed by atoms with van der Waals surface area (Å²) in [5.41, 5.74) is 7.17. The minimum Gasteiger partial charge on any atom is -0.497 e. The fourth-order valence-corrected chi connectivity index (χ4v) is 3.09. The standard InChI is InChI=1S/C20H31N3O3/c1-4-15(2)19(21)20(25)23-13-11-22(12-14-23)18(24)10-7-16-5-8-17(26-3)9-6-16/h5-6,8-9,15,19H,4,7,10-14,21H2,1-3H3. The largest absolute Gasteiger partial charge is 0.497 e. The van der Waals surface area contributed by atoms with Crippen LogP contribution in [0.15, 0.2) is 24.3 Å². The summed E-state index contributed by atoms with van der Waals surface area (Å²) in [7, 11) is 1.64. The van der Waals surface area contributed by atoms with E-state index in [1.165, 1.54) is 0 Å². The van der Waals surface area contributed by atoms with Gasteiger partial charge in [0.05, 0.1) is 13.2 Å². The van der Waals surface area contributed by atoms with Gasteiger partial charge in [0.15, 0.2) is 0 Å². The zero-order chi connectivity index (χ0) is 19.1. The zero-order valence-electron chi connectivity index (χ0n) is 16.1. The van der Waals surface area contributed by atoms with Crippen LogP contribution in [-0.4, -0.2) is 60.9 Å². The number of hydrogen-bond acceptors (Lipinski definition) is 4. The number of nitrogens with two attached hydrogens (primary N) is 1. The van der Waals surface area contributed by atoms with Crippen LogP contribution in [0.4, 0.5) is 0 Å². The molecule has 0 aromatic heterocycles. The van der Waals surface area contributed by atoms with E-state index < -0.39 is 6.04 Å². The molecule has 0 aliphatic carbocycles. The van der Waals surface area contributed by atoms with Crippen LogP contribution in [0.25, 0.3) is 0 Å². The topological polar surface area (TPSA) is 75.9 Å². The normalized spacial score (nSPS) is 16.9. The Morgan fingerprint density at radius 1 is 1.12 bits per heavy atom. The molecule has 0 bridgehead atoms. The van der Waals surface area contributed by atoms with Gasteiger partial charge >= 0.3 is 0 Å². The molecule has 2 rings (SSSR count). The minimum absolute atomic E-state index is 0.00434. The van der Waals surface area contributed by atoms with Gasteiger partial charge < -0.3 is 20.3 Å². The van der Waals surface area contributed by atoms with E-state index in [0.717, 1.165) is 17.7 Å². The third kappa shape index (κ3) is 5.21. The van der Waals surface area contributed by atoms with E-state index in [0.29, 0.717) is 39.0 Å². The average Bonchev–Trinajstić information content (AvgIpc) is 2.70. The number of benzene rings is 1. The first kappa shape index (κ1) is 20.2. The monoisotopic (exact) mass is 361 g/mol. The molecular formula is C20H31N3O3. The lowest BCUT2D eigenvalue weighted by Crippen LogP contribution is -2.55. The molecule has 1 fully saturated rings. The van der Waals surface area contributed by atoms with Gasteiger partial charge in [0.2, 0.25) is 11.8 Å². The first-order valence-electron chi connectivity index (χ1n) is 9.41. The van der Waals surface area contributed by atoms with Gasteiger partial charge in [-0.2, -0.15) is 0 Å². The molecule has 1 heterocycles. The Morgan fingerprint density at radius 3 is 2.23 bits per heavy atom. The highest BCUT2D eigenvalue weighted by molar-refractivity contribution is 5.82. The highest BCUT2D eigenvalue weighted by atomic mass is 16.5. The summed E-state index contributed by atoms with van der Waals surface area (Å²) in [6, 6.07) is 7.34. The number of rotatable bonds is 7. The number of aryl methyl sites for hydroxylation is 1. The first-order valence-corrected chi connectivity index (χ1v) is 9.41. The maximum atomic E-state index is 12.4. The van der Waals surface area contributed by atoms with Crippen LogP contribution in [-0.2, 0) is 16.0 Å². The summed E-state index contributed by atoms with van der Waals surface area (Å²) in [5.74, 6) is 1.13. The number of carbonyl (C=O) groups excluding carboxylic acids is 2. The van der Waals surface area contributed by atoms with Crippen molar-refractivity contribution in [2.75, 3.05) is 33.3 Å². The van der Waals surface area contributed by atoms with Crippen molar-refractivity contribution in [1.82, 2.24) is 9.80 Å². The molecule has 2 unspecified atom stereocenters. The van der Waals surface area contributed by atoms with E-state index in [4.69, 9.17) is 10.5 Å². The molecule has 2 atom stereocenters. The van der Waals surface area contributed by atoms with Crippen molar-refractivity contribution in [3.8, 4) is 5.75 Å². The summed E-state index contributed by atoms with van der Waals surface area (Å²) in [5, 5.41) is 0. The quantitative estimate of drug-likeness (QED) is 0.802. The van der Waals surface area contributed by atoms with Gasteiger partial charge in [-0.25, -0.2) is 0 Å². The summed E-state index contributed by atoms with van der Waals surface area (Å²) >= 11 is 0. The van der Waals surface area contributed by atoms with Crippen LogP contribution in [0.1, 0.15) is 32.3 Å². The fourth-order valence-electron chi connectivity index (χ4n) is 3.09. The predicted octanol–water partition coefficient (Wildman–Crippen LogP) is 1.67. The molecule has 0 radical (unpaired) electrons. The van der Waals surface area contributed by atoms with Crippen molar-refractivity contribution < 1.29 is 14.3 Å². The van der Waals surface area contributed by atoms with Gasteiger partial charge in [-0.15, -0.1) is 0 Å². The first-order chi connectivity index (χ1) is 12.5. The van der Waals surface area contributed by atoms with Crippen LogP contribution >= 0.6 is 0 Å². The molecule has 2 N–H and O–H groups in total. The molecule has 0 saturated carbocycles. The summed E-state index contributed by atoms with van der Waals surface area (Å²) < 4.78 is 5.14. The van der Waals surface area contributed by atoms with Crippen molar-refractivity contribution in [2.24, 2.45) is 11.7 Å². The third-order valence-corrected chi connectivity index (χ3v) is 5.27. The second-order valence-corrected chi connectivity index (χ2v) is 6.97. The number of piperazine rings is 1. The molecule has 6 nitrogen and oxygen atoms in total. The van der Waals surface area contributed by atoms with Crippen LogP contribution in [0.5, 0.6) is 5.75 Å². The number of methoxy groups -OCH3 is 1. The molecule has 1 saturated heterocycles. The van der Waals surface area contributed by atoms with E-state index in [1.807, 2.05) is 43.0 Å². The smallest absolute Gasteiger partial charge is 0.239 e. The maximum absolute atomic E-state index is 12.4. The Hall–Kier alpha value is -2.08. The van der Waals surface area contributed by atoms with Crippen LogP contribution < -0.4 is 10.5 Å². The molecule has 1 aromatic carbocycles. The van der Waals surface area contributed by atoms with Crippen molar-refractivity contribution in [2.45, 2.75) is 39.2 Å². The van der Waals surface area contributed by atoms with E-state index >= 15 is 0 Å². The Morgan fingerprint density at radius 2 is 1.69 bits per heavy atom. The molecule has 1 aliphatic rings. The van der Waals surface area contributed by atoms with Crippen LogP contribution in [0, 0.1) is 5.92 Å². The van der Waals surface area contributed by atoms with Gasteiger partial charge in [-0.3, -0.25) is 9.59 Å². The summed E-state index contributed by atoms with van der Waals surface area (Å²) in [6.07, 6.45) is 2.07. The van der Waals surface area contributed by atoms with Crippen molar-refractivity contribution >= 4 is 11.8 Å². The Bertz CT molecular complexity index is 595. The van der Waals surface area contributed by atoms with Gasteiger partial charge in [0.1, 0.15) is 5.75 Å². The Labute approximate surface area is 156 Å². The number of carbonyl (C=O) groups is 2. The van der Waals surface area contributed by atoms with E-state index in [1.54, 1.807) is 12.0 Å². The lowest BCUT2D eigenvalue weighted by Gasteiger charge is -2.36. The Kier molecular flexibility index (Phi) is 7.45. The SMILES string of the molecule is CCC(C)C(N)C(=O)N1CCN(C(=O)CCc2ccc(OC)cc2)CC1. The Balaban J connectivity index is 1.77. The highest BCUT2D eigenvalue weighted by Gasteiger charge is 2.29. The predicted molar refractivity (Wildman–Crippen MR) is 102 cm³/mol. The minimum atomic E-state index is -0.447. The van der Waals surface area contributed by atoms with E-state index in [-0.39, 0.29) is 17.7 Å². The van der Waals surface area contributed by atoms with Crippen LogP contribution in [0.2, 0.25) is 0 Å². The number of nitrogens with zero attached hydrogens (tertiary/aromatic N) is 2. The number of hydrogen-bond donors (Lipinski definition) is 1. The van der Waals surface area contributed by atoms with Gasteiger partial charge in [-0.1, -0.05) is 32.4 Å². The third-order valence-electron chi connectivity index (χ3n) is 5.27. The fraction of sp³-hybridized carbons (Fsp3) is 0.600. The molecular weight excluding hydrogens is 330 g/mol. The van der Waals surface area contributed by atoms with E-state index in [9.17, 15) is 9.59 Å². The highest BCUT2D eigenvalue weighted by Crippen LogP contribution is 2.14. The van der Waals surface area contributed by atoms with Crippen molar-refractivity contribution in [1.29, 1.82) is 0 Å². The molecule has 1 aromatic rings. The maximum Gasteiger partial charge on any atom is 0.239 e. The number of amides is 2. The van der Waals surface area contributed by atoms with Gasteiger partial charge in [0, 0.05) is 32.6 Å². The van der Waals surface area contributed by atoms with E-state index in [2.05, 4.69) is 0 Å². The molecule has 144 valence electrons. The summed E-state index contributed by atoms with van der Waals surface area (Å²) in [4.78, 5) is 28.5. The second-order valence-electron chi connectivity index (χ2n) is 6.97. The van der Waals surface area contributed by atoms with Crippen molar-refractivity contribution in [3.63, 3.8) is 0 Å². The average molecular weight is 361 g/mol. The second kappa shape index (κ2) is 9.57. The molecule has 6 heteroatoms. The molecule has 26 heavy (non-hydrogen) atoms. The molecule has 2 amide bonds. The summed E-state index contributed by atoms with van der Waals surface area (Å²) in [6.45, 7) is 6.34. The van der Waals surface area contributed by atoms with Gasteiger partial charge in [-0.05, 0) is 30.0 Å². The van der Waals surface area contributed by atoms with Gasteiger partial charge in [0.25, 0.3) is 0 Å². The number of ether oxygens (including phenoxy) is 1. The van der Waals surface area contributed by atoms with Crippen molar-refractivity contribution in [3.05, 3.63) is 29.8 Å².